The topological polar surface area (TPSA) is 65.0 Å². The zero-order valence-corrected chi connectivity index (χ0v) is 22.8. The summed E-state index contributed by atoms with van der Waals surface area (Å²) >= 11 is 0. The molecule has 0 aliphatic carbocycles. The van der Waals surface area contributed by atoms with E-state index in [0.717, 1.165) is 23.1 Å². The molecule has 0 amide bonds. The van der Waals surface area contributed by atoms with E-state index in [4.69, 9.17) is 14.2 Å². The van der Waals surface area contributed by atoms with Gasteiger partial charge in [0.2, 0.25) is 0 Å². The second kappa shape index (κ2) is 12.7. The second-order valence-electron chi connectivity index (χ2n) is 9.97. The van der Waals surface area contributed by atoms with Gasteiger partial charge >= 0.3 is 5.97 Å². The lowest BCUT2D eigenvalue weighted by molar-refractivity contribution is -0.137. The van der Waals surface area contributed by atoms with E-state index >= 15 is 4.39 Å². The molecule has 202 valence electrons. The molecule has 3 aromatic carbocycles. The Hall–Kier alpha value is -3.64. The van der Waals surface area contributed by atoms with Crippen LogP contribution in [0.25, 0.3) is 11.1 Å². The third-order valence-corrected chi connectivity index (χ3v) is 6.95. The Labute approximate surface area is 224 Å². The van der Waals surface area contributed by atoms with Crippen LogP contribution >= 0.6 is 0 Å². The van der Waals surface area contributed by atoms with Gasteiger partial charge < -0.3 is 19.3 Å². The van der Waals surface area contributed by atoms with Gasteiger partial charge in [-0.15, -0.1) is 6.58 Å². The van der Waals surface area contributed by atoms with Crippen molar-refractivity contribution in [2.75, 3.05) is 14.2 Å². The molecule has 0 heterocycles. The van der Waals surface area contributed by atoms with Gasteiger partial charge in [0, 0.05) is 18.1 Å². The average Bonchev–Trinajstić information content (AvgIpc) is 2.91. The Morgan fingerprint density at radius 3 is 2.45 bits per heavy atom. The first-order valence-corrected chi connectivity index (χ1v) is 12.7. The zero-order chi connectivity index (χ0) is 27.9. The SMILES string of the molecule is C=CC(C)(C)C(OC)c1cc(COc2cccc([C@@H](CC)CC(=O)O)c2)ccc1-c1cc(OC)ccc1F. The highest BCUT2D eigenvalue weighted by Gasteiger charge is 2.31. The predicted molar refractivity (Wildman–Crippen MR) is 148 cm³/mol. The lowest BCUT2D eigenvalue weighted by Crippen LogP contribution is -2.22. The standard InChI is InChI=1S/C32H37FO5/c1-7-22(18-30(34)35)23-10-9-11-25(17-23)38-20-21-12-14-26(27-19-24(36-5)13-15-29(27)33)28(16-21)31(37-6)32(3,4)8-2/h8-17,19,22,31H,2,7,18,20H2,1,3-6H3,(H,34,35)/t22-,31?/m0/s1. The smallest absolute Gasteiger partial charge is 0.303 e. The molecule has 1 N–H and O–H groups in total. The lowest BCUT2D eigenvalue weighted by atomic mass is 9.79. The van der Waals surface area contributed by atoms with Crippen LogP contribution in [0.3, 0.4) is 0 Å². The fourth-order valence-electron chi connectivity index (χ4n) is 4.67. The van der Waals surface area contributed by atoms with Gasteiger partial charge in [0.05, 0.1) is 19.6 Å². The zero-order valence-electron chi connectivity index (χ0n) is 22.8. The van der Waals surface area contributed by atoms with Crippen molar-refractivity contribution >= 4 is 5.97 Å². The van der Waals surface area contributed by atoms with E-state index in [1.54, 1.807) is 26.4 Å². The van der Waals surface area contributed by atoms with Crippen molar-refractivity contribution < 1.29 is 28.5 Å². The fraction of sp³-hybridized carbons (Fsp3) is 0.344. The Morgan fingerprint density at radius 1 is 1.05 bits per heavy atom. The van der Waals surface area contributed by atoms with Crippen molar-refractivity contribution in [1.82, 2.24) is 0 Å². The van der Waals surface area contributed by atoms with Gasteiger partial charge in [0.1, 0.15) is 23.9 Å². The molecule has 0 saturated heterocycles. The first-order chi connectivity index (χ1) is 18.1. The largest absolute Gasteiger partial charge is 0.497 e. The first kappa shape index (κ1) is 28.9. The Kier molecular flexibility index (Phi) is 9.70. The minimum absolute atomic E-state index is 0.0725. The van der Waals surface area contributed by atoms with Crippen molar-refractivity contribution in [2.45, 2.75) is 52.2 Å². The Balaban J connectivity index is 1.99. The van der Waals surface area contributed by atoms with Crippen LogP contribution in [0, 0.1) is 11.2 Å². The fourth-order valence-corrected chi connectivity index (χ4v) is 4.67. The number of benzene rings is 3. The van der Waals surface area contributed by atoms with E-state index in [9.17, 15) is 9.90 Å². The maximum Gasteiger partial charge on any atom is 0.303 e. The molecule has 0 saturated carbocycles. The number of rotatable bonds is 13. The van der Waals surface area contributed by atoms with Crippen molar-refractivity contribution in [3.05, 3.63) is 95.8 Å². The van der Waals surface area contributed by atoms with Gasteiger partial charge in [-0.2, -0.15) is 0 Å². The van der Waals surface area contributed by atoms with Gasteiger partial charge in [-0.1, -0.05) is 51.1 Å². The molecule has 0 bridgehead atoms. The molecular weight excluding hydrogens is 483 g/mol. The van der Waals surface area contributed by atoms with Crippen LogP contribution in [-0.2, 0) is 16.1 Å². The molecule has 0 aliphatic heterocycles. The third-order valence-electron chi connectivity index (χ3n) is 6.95. The number of methoxy groups -OCH3 is 2. The summed E-state index contributed by atoms with van der Waals surface area (Å²) < 4.78 is 32.4. The van der Waals surface area contributed by atoms with Crippen LogP contribution < -0.4 is 9.47 Å². The quantitative estimate of drug-likeness (QED) is 0.232. The number of carbonyl (C=O) groups is 1. The summed E-state index contributed by atoms with van der Waals surface area (Å²) in [5.41, 5.74) is 3.32. The number of halogens is 1. The van der Waals surface area contributed by atoms with Gasteiger partial charge in [-0.25, -0.2) is 4.39 Å². The normalized spacial score (nSPS) is 13.0. The summed E-state index contributed by atoms with van der Waals surface area (Å²) in [6.45, 7) is 10.3. The lowest BCUT2D eigenvalue weighted by Gasteiger charge is -2.32. The minimum atomic E-state index is -0.821. The average molecular weight is 521 g/mol. The predicted octanol–water partition coefficient (Wildman–Crippen LogP) is 7.95. The third kappa shape index (κ3) is 6.81. The second-order valence-corrected chi connectivity index (χ2v) is 9.97. The molecule has 0 radical (unpaired) electrons. The van der Waals surface area contributed by atoms with Crippen LogP contribution in [0.5, 0.6) is 11.5 Å². The van der Waals surface area contributed by atoms with E-state index in [2.05, 4.69) is 6.58 Å². The van der Waals surface area contributed by atoms with E-state index < -0.39 is 17.5 Å². The number of ether oxygens (including phenoxy) is 3. The maximum absolute atomic E-state index is 15.0. The molecular formula is C32H37FO5. The van der Waals surface area contributed by atoms with E-state index in [1.165, 1.54) is 6.07 Å². The van der Waals surface area contributed by atoms with Crippen LogP contribution in [0.4, 0.5) is 4.39 Å². The molecule has 2 atom stereocenters. The van der Waals surface area contributed by atoms with Crippen LogP contribution in [0.2, 0.25) is 0 Å². The van der Waals surface area contributed by atoms with E-state index in [0.29, 0.717) is 22.6 Å². The van der Waals surface area contributed by atoms with Gasteiger partial charge in [-0.05, 0) is 71.0 Å². The molecule has 0 aliphatic rings. The van der Waals surface area contributed by atoms with Crippen LogP contribution in [0.15, 0.2) is 73.3 Å². The summed E-state index contributed by atoms with van der Waals surface area (Å²) in [5, 5.41) is 9.24. The molecule has 6 heteroatoms. The van der Waals surface area contributed by atoms with Crippen LogP contribution in [-0.4, -0.2) is 25.3 Å². The molecule has 0 spiro atoms. The molecule has 0 fully saturated rings. The highest BCUT2D eigenvalue weighted by molar-refractivity contribution is 5.71. The van der Waals surface area contributed by atoms with E-state index in [1.807, 2.05) is 69.3 Å². The molecule has 3 rings (SSSR count). The number of hydrogen-bond donors (Lipinski definition) is 1. The monoisotopic (exact) mass is 520 g/mol. The van der Waals surface area contributed by atoms with Crippen molar-refractivity contribution in [1.29, 1.82) is 0 Å². The molecule has 38 heavy (non-hydrogen) atoms. The van der Waals surface area contributed by atoms with Crippen molar-refractivity contribution in [2.24, 2.45) is 5.41 Å². The Morgan fingerprint density at radius 2 is 1.82 bits per heavy atom. The van der Waals surface area contributed by atoms with Crippen molar-refractivity contribution in [3.8, 4) is 22.6 Å². The van der Waals surface area contributed by atoms with E-state index in [-0.39, 0.29) is 24.8 Å². The highest BCUT2D eigenvalue weighted by Crippen LogP contribution is 2.43. The number of hydrogen-bond acceptors (Lipinski definition) is 4. The highest BCUT2D eigenvalue weighted by atomic mass is 19.1. The molecule has 3 aromatic rings. The number of carboxylic acids is 1. The van der Waals surface area contributed by atoms with Crippen molar-refractivity contribution in [3.63, 3.8) is 0 Å². The molecule has 1 unspecified atom stereocenters. The van der Waals surface area contributed by atoms with Gasteiger partial charge in [-0.3, -0.25) is 4.79 Å². The summed E-state index contributed by atoms with van der Waals surface area (Å²) in [6.07, 6.45) is 2.23. The van der Waals surface area contributed by atoms with Crippen LogP contribution in [0.1, 0.15) is 62.3 Å². The molecule has 5 nitrogen and oxygen atoms in total. The van der Waals surface area contributed by atoms with Gasteiger partial charge in [0.15, 0.2) is 0 Å². The number of aliphatic carboxylic acids is 1. The summed E-state index contributed by atoms with van der Waals surface area (Å²) in [4.78, 5) is 11.3. The maximum atomic E-state index is 15.0. The Bertz CT molecular complexity index is 1270. The minimum Gasteiger partial charge on any atom is -0.497 e. The summed E-state index contributed by atoms with van der Waals surface area (Å²) in [6, 6.07) is 18.0. The van der Waals surface area contributed by atoms with Gasteiger partial charge in [0.25, 0.3) is 0 Å². The number of carboxylic acid groups (broad SMARTS) is 1. The first-order valence-electron chi connectivity index (χ1n) is 12.7. The summed E-state index contributed by atoms with van der Waals surface area (Å²) in [5.74, 6) is -0.0388. The summed E-state index contributed by atoms with van der Waals surface area (Å²) in [7, 11) is 3.19. The molecule has 0 aromatic heterocycles.